The van der Waals surface area contributed by atoms with Crippen molar-refractivity contribution in [3.05, 3.63) is 18.0 Å². The Kier molecular flexibility index (Phi) is 3.53. The lowest BCUT2D eigenvalue weighted by Crippen LogP contribution is -2.38. The zero-order valence-electron chi connectivity index (χ0n) is 9.97. The summed E-state index contributed by atoms with van der Waals surface area (Å²) in [7, 11) is 1.92. The first kappa shape index (κ1) is 11.5. The predicted molar refractivity (Wildman–Crippen MR) is 68.6 cm³/mol. The first-order valence-corrected chi connectivity index (χ1v) is 6.46. The van der Waals surface area contributed by atoms with Gasteiger partial charge in [-0.15, -0.1) is 0 Å². The molecule has 2 atom stereocenters. The van der Waals surface area contributed by atoms with Crippen LogP contribution in [0.5, 0.6) is 0 Å². The van der Waals surface area contributed by atoms with E-state index in [2.05, 4.69) is 29.3 Å². The predicted octanol–water partition coefficient (Wildman–Crippen LogP) is 1.78. The number of aryl methyl sites for hydroxylation is 1. The van der Waals surface area contributed by atoms with Crippen molar-refractivity contribution in [1.29, 1.82) is 0 Å². The second kappa shape index (κ2) is 4.91. The smallest absolute Gasteiger partial charge is 0.157 e. The number of hydrogen-bond donors (Lipinski definition) is 1. The topological polar surface area (TPSA) is 42.2 Å². The molecule has 16 heavy (non-hydrogen) atoms. The van der Waals surface area contributed by atoms with Crippen LogP contribution in [0.2, 0.25) is 0 Å². The molecule has 4 nitrogen and oxygen atoms in total. The van der Waals surface area contributed by atoms with Crippen LogP contribution in [0.4, 0.5) is 0 Å². The molecule has 1 aliphatic rings. The third-order valence-corrected chi connectivity index (χ3v) is 3.60. The first-order valence-electron chi connectivity index (χ1n) is 5.58. The van der Waals surface area contributed by atoms with Crippen molar-refractivity contribution in [3.8, 4) is 0 Å². The number of thioether (sulfide) groups is 1. The average Bonchev–Trinajstić information content (AvgIpc) is 2.60. The van der Waals surface area contributed by atoms with Crippen LogP contribution in [0, 0.1) is 0 Å². The van der Waals surface area contributed by atoms with E-state index in [-0.39, 0.29) is 0 Å². The van der Waals surface area contributed by atoms with Gasteiger partial charge in [0.1, 0.15) is 0 Å². The molecule has 2 rings (SSSR count). The van der Waals surface area contributed by atoms with Gasteiger partial charge in [-0.25, -0.2) is 0 Å². The molecule has 0 aromatic carbocycles. The maximum atomic E-state index is 4.58. The van der Waals surface area contributed by atoms with E-state index >= 15 is 0 Å². The Hall–Kier alpha value is -0.970. The van der Waals surface area contributed by atoms with Gasteiger partial charge in [-0.3, -0.25) is 9.67 Å². The molecule has 1 aromatic heterocycles. The average molecular weight is 238 g/mol. The first-order chi connectivity index (χ1) is 7.63. The minimum atomic E-state index is 0.531. The Morgan fingerprint density at radius 1 is 1.62 bits per heavy atom. The van der Waals surface area contributed by atoms with Crippen LogP contribution >= 0.6 is 11.8 Å². The zero-order chi connectivity index (χ0) is 11.5. The Balaban J connectivity index is 1.96. The molecule has 0 saturated carbocycles. The van der Waals surface area contributed by atoms with Gasteiger partial charge in [-0.05, 0) is 13.3 Å². The van der Waals surface area contributed by atoms with E-state index in [0.717, 1.165) is 10.7 Å². The molecule has 0 radical (unpaired) electrons. The fraction of sp³-hybridized carbons (Fsp3) is 0.636. The van der Waals surface area contributed by atoms with Gasteiger partial charge in [0.15, 0.2) is 5.17 Å². The number of nitrogens with one attached hydrogen (secondary N) is 1. The molecule has 2 heterocycles. The van der Waals surface area contributed by atoms with Crippen molar-refractivity contribution in [2.24, 2.45) is 12.0 Å². The number of rotatable bonds is 2. The lowest BCUT2D eigenvalue weighted by Gasteiger charge is -2.26. The number of hydrogen-bond acceptors (Lipinski definition) is 3. The Bertz CT molecular complexity index is 373. The highest BCUT2D eigenvalue weighted by atomic mass is 32.2. The van der Waals surface area contributed by atoms with Crippen LogP contribution in [0.3, 0.4) is 0 Å². The highest BCUT2D eigenvalue weighted by Crippen LogP contribution is 2.22. The summed E-state index contributed by atoms with van der Waals surface area (Å²) in [6, 6.07) is 0.531. The highest BCUT2D eigenvalue weighted by molar-refractivity contribution is 8.14. The Labute approximate surface area is 101 Å². The van der Waals surface area contributed by atoms with E-state index in [4.69, 9.17) is 0 Å². The van der Waals surface area contributed by atoms with Crippen molar-refractivity contribution >= 4 is 16.9 Å². The van der Waals surface area contributed by atoms with Crippen LogP contribution in [0.1, 0.15) is 25.8 Å². The van der Waals surface area contributed by atoms with Gasteiger partial charge >= 0.3 is 0 Å². The summed E-state index contributed by atoms with van der Waals surface area (Å²) in [6.07, 6.45) is 5.07. The molecule has 1 saturated heterocycles. The lowest BCUT2D eigenvalue weighted by molar-refractivity contribution is 0.597. The van der Waals surface area contributed by atoms with Crippen molar-refractivity contribution in [3.63, 3.8) is 0 Å². The van der Waals surface area contributed by atoms with Crippen molar-refractivity contribution < 1.29 is 0 Å². The van der Waals surface area contributed by atoms with Gasteiger partial charge in [-0.1, -0.05) is 18.7 Å². The Morgan fingerprint density at radius 3 is 3.06 bits per heavy atom. The van der Waals surface area contributed by atoms with Crippen molar-refractivity contribution in [2.45, 2.75) is 38.1 Å². The third kappa shape index (κ3) is 3.01. The molecule has 5 heteroatoms. The second-order valence-corrected chi connectivity index (χ2v) is 5.78. The van der Waals surface area contributed by atoms with Crippen LogP contribution < -0.4 is 5.32 Å². The standard InChI is InChI=1S/C11H18N4S/c1-8-4-9(2)16-11(14-8)12-5-10-6-13-15(3)7-10/h6-9H,4-5H2,1-3H3,(H,12,14). The minimum Gasteiger partial charge on any atom is -0.362 e. The summed E-state index contributed by atoms with van der Waals surface area (Å²) in [5, 5.41) is 9.26. The molecule has 0 amide bonds. The molecule has 88 valence electrons. The summed E-state index contributed by atoms with van der Waals surface area (Å²) in [5.74, 6) is 0. The minimum absolute atomic E-state index is 0.531. The maximum absolute atomic E-state index is 4.58. The van der Waals surface area contributed by atoms with E-state index in [1.54, 1.807) is 0 Å². The molecule has 1 N–H and O–H groups in total. The zero-order valence-corrected chi connectivity index (χ0v) is 10.8. The van der Waals surface area contributed by atoms with E-state index in [9.17, 15) is 0 Å². The summed E-state index contributed by atoms with van der Waals surface area (Å²) < 4.78 is 1.81. The van der Waals surface area contributed by atoms with Crippen LogP contribution in [0.15, 0.2) is 17.4 Å². The van der Waals surface area contributed by atoms with E-state index in [0.29, 0.717) is 17.8 Å². The molecule has 0 bridgehead atoms. The van der Waals surface area contributed by atoms with Gasteiger partial charge in [0, 0.05) is 30.1 Å². The fourth-order valence-electron chi connectivity index (χ4n) is 1.84. The van der Waals surface area contributed by atoms with Crippen LogP contribution in [0.25, 0.3) is 0 Å². The molecule has 2 unspecified atom stereocenters. The summed E-state index contributed by atoms with van der Waals surface area (Å²) in [4.78, 5) is 4.58. The monoisotopic (exact) mass is 238 g/mol. The van der Waals surface area contributed by atoms with E-state index < -0.39 is 0 Å². The molecule has 0 spiro atoms. The van der Waals surface area contributed by atoms with Crippen LogP contribution in [-0.2, 0) is 13.6 Å². The molecular formula is C11H18N4S. The number of aromatic nitrogens is 2. The summed E-state index contributed by atoms with van der Waals surface area (Å²) in [6.45, 7) is 5.17. The summed E-state index contributed by atoms with van der Waals surface area (Å²) >= 11 is 1.83. The van der Waals surface area contributed by atoms with Crippen LogP contribution in [-0.4, -0.2) is 26.2 Å². The van der Waals surface area contributed by atoms with Gasteiger partial charge < -0.3 is 5.32 Å². The van der Waals surface area contributed by atoms with Gasteiger partial charge in [0.25, 0.3) is 0 Å². The largest absolute Gasteiger partial charge is 0.362 e. The van der Waals surface area contributed by atoms with E-state index in [1.165, 1.54) is 6.42 Å². The molecule has 0 aliphatic carbocycles. The Morgan fingerprint density at radius 2 is 2.44 bits per heavy atom. The molecule has 1 fully saturated rings. The van der Waals surface area contributed by atoms with Gasteiger partial charge in [0.2, 0.25) is 0 Å². The highest BCUT2D eigenvalue weighted by Gasteiger charge is 2.19. The number of nitrogens with zero attached hydrogens (tertiary/aromatic N) is 3. The van der Waals surface area contributed by atoms with Gasteiger partial charge in [-0.2, -0.15) is 5.10 Å². The molecule has 1 aliphatic heterocycles. The van der Waals surface area contributed by atoms with Crippen molar-refractivity contribution in [2.75, 3.05) is 0 Å². The quantitative estimate of drug-likeness (QED) is 0.854. The van der Waals surface area contributed by atoms with E-state index in [1.807, 2.05) is 35.9 Å². The van der Waals surface area contributed by atoms with Gasteiger partial charge in [0.05, 0.1) is 12.7 Å². The normalized spacial score (nSPS) is 28.1. The number of amidine groups is 1. The third-order valence-electron chi connectivity index (χ3n) is 2.53. The lowest BCUT2D eigenvalue weighted by atomic mass is 10.2. The SMILES string of the molecule is CC1CC(C)SC(=NCc2cnn(C)c2)N1. The summed E-state index contributed by atoms with van der Waals surface area (Å²) in [5.41, 5.74) is 1.16. The molecular weight excluding hydrogens is 220 g/mol. The van der Waals surface area contributed by atoms with Crippen molar-refractivity contribution in [1.82, 2.24) is 15.1 Å². The second-order valence-electron chi connectivity index (χ2n) is 4.35. The molecule has 1 aromatic rings. The fourth-order valence-corrected chi connectivity index (χ4v) is 3.01. The maximum Gasteiger partial charge on any atom is 0.157 e. The number of aliphatic imine (C=N–C) groups is 1.